The fourth-order valence-electron chi connectivity index (χ4n) is 1.43. The summed E-state index contributed by atoms with van der Waals surface area (Å²) in [5, 5.41) is 4.20. The van der Waals surface area contributed by atoms with Crippen LogP contribution in [0.5, 0.6) is 0 Å². The number of nitrogens with one attached hydrogen (secondary N) is 1. The van der Waals surface area contributed by atoms with Gasteiger partial charge in [0.2, 0.25) is 0 Å². The number of aromatic nitrogens is 3. The lowest BCUT2D eigenvalue weighted by molar-refractivity contribution is 0.112. The predicted molar refractivity (Wildman–Crippen MR) is 49.9 cm³/mol. The number of fused-ring (bicyclic) bond motifs is 1. The van der Waals surface area contributed by atoms with Crippen LogP contribution in [0.4, 0.5) is 0 Å². The fraction of sp³-hybridized carbons (Fsp3) is 0.333. The van der Waals surface area contributed by atoms with Gasteiger partial charge in [0.05, 0.1) is 22.9 Å². The van der Waals surface area contributed by atoms with Crippen molar-refractivity contribution in [3.63, 3.8) is 0 Å². The zero-order valence-corrected chi connectivity index (χ0v) is 7.61. The van der Waals surface area contributed by atoms with Gasteiger partial charge in [-0.05, 0) is 19.9 Å². The maximum Gasteiger partial charge on any atom is 0.166 e. The molecule has 0 spiro atoms. The number of rotatable bonds is 2. The summed E-state index contributed by atoms with van der Waals surface area (Å²) in [5.74, 6) is 0. The average molecular weight is 177 g/mol. The van der Waals surface area contributed by atoms with E-state index in [1.165, 1.54) is 0 Å². The number of aldehydes is 1. The van der Waals surface area contributed by atoms with Crippen molar-refractivity contribution in [3.05, 3.63) is 18.0 Å². The Bertz CT molecular complexity index is 439. The quantitative estimate of drug-likeness (QED) is 0.710. The van der Waals surface area contributed by atoms with Crippen molar-refractivity contribution in [2.75, 3.05) is 0 Å². The topological polar surface area (TPSA) is 50.7 Å². The van der Waals surface area contributed by atoms with Crippen molar-refractivity contribution >= 4 is 17.3 Å². The highest BCUT2D eigenvalue weighted by Crippen LogP contribution is 2.17. The first-order valence-electron chi connectivity index (χ1n) is 4.24. The first kappa shape index (κ1) is 8.04. The van der Waals surface area contributed by atoms with Gasteiger partial charge in [-0.2, -0.15) is 5.10 Å². The molecule has 0 aromatic carbocycles. The highest BCUT2D eigenvalue weighted by molar-refractivity contribution is 5.85. The third-order valence-electron chi connectivity index (χ3n) is 2.02. The van der Waals surface area contributed by atoms with Gasteiger partial charge in [-0.3, -0.25) is 9.48 Å². The molecule has 13 heavy (non-hydrogen) atoms. The van der Waals surface area contributed by atoms with E-state index < -0.39 is 0 Å². The second kappa shape index (κ2) is 2.73. The summed E-state index contributed by atoms with van der Waals surface area (Å²) in [6.07, 6.45) is 2.55. The molecule has 0 aliphatic heterocycles. The molecule has 0 aliphatic carbocycles. The normalized spacial score (nSPS) is 11.3. The van der Waals surface area contributed by atoms with Crippen LogP contribution in [-0.4, -0.2) is 21.1 Å². The van der Waals surface area contributed by atoms with E-state index in [0.717, 1.165) is 17.3 Å². The van der Waals surface area contributed by atoms with Crippen LogP contribution in [0.2, 0.25) is 0 Å². The zero-order valence-electron chi connectivity index (χ0n) is 7.61. The van der Waals surface area contributed by atoms with Gasteiger partial charge in [-0.1, -0.05) is 0 Å². The van der Waals surface area contributed by atoms with Gasteiger partial charge >= 0.3 is 0 Å². The second-order valence-electron chi connectivity index (χ2n) is 3.32. The first-order chi connectivity index (χ1) is 6.22. The number of nitrogens with zero attached hydrogens (tertiary/aromatic N) is 2. The van der Waals surface area contributed by atoms with E-state index in [9.17, 15) is 4.79 Å². The number of carbonyl (C=O) groups excluding carboxylic acids is 1. The van der Waals surface area contributed by atoms with Crippen LogP contribution in [0.1, 0.15) is 30.4 Å². The van der Waals surface area contributed by atoms with Crippen LogP contribution in [0.25, 0.3) is 11.0 Å². The molecule has 0 fully saturated rings. The monoisotopic (exact) mass is 177 g/mol. The molecule has 68 valence electrons. The summed E-state index contributed by atoms with van der Waals surface area (Å²) in [5.41, 5.74) is 2.50. The van der Waals surface area contributed by atoms with E-state index in [0.29, 0.717) is 11.7 Å². The Morgan fingerprint density at radius 1 is 1.62 bits per heavy atom. The molecule has 0 unspecified atom stereocenters. The van der Waals surface area contributed by atoms with Gasteiger partial charge in [0, 0.05) is 6.04 Å². The summed E-state index contributed by atoms with van der Waals surface area (Å²) in [6, 6.07) is 2.13. The van der Waals surface area contributed by atoms with Crippen LogP contribution in [0.3, 0.4) is 0 Å². The highest BCUT2D eigenvalue weighted by Gasteiger charge is 2.08. The molecule has 0 aliphatic rings. The third-order valence-corrected chi connectivity index (χ3v) is 2.02. The largest absolute Gasteiger partial charge is 0.350 e. The van der Waals surface area contributed by atoms with Crippen LogP contribution in [-0.2, 0) is 0 Å². The number of H-pyrrole nitrogens is 1. The summed E-state index contributed by atoms with van der Waals surface area (Å²) >= 11 is 0. The maximum absolute atomic E-state index is 10.5. The minimum absolute atomic E-state index is 0.313. The van der Waals surface area contributed by atoms with Crippen LogP contribution >= 0.6 is 0 Å². The molecular weight excluding hydrogens is 166 g/mol. The lowest BCUT2D eigenvalue weighted by Gasteiger charge is -2.04. The van der Waals surface area contributed by atoms with E-state index in [1.807, 2.05) is 10.7 Å². The van der Waals surface area contributed by atoms with Crippen LogP contribution in [0.15, 0.2) is 12.3 Å². The maximum atomic E-state index is 10.5. The fourth-order valence-corrected chi connectivity index (χ4v) is 1.43. The average Bonchev–Trinajstić information content (AvgIpc) is 2.59. The lowest BCUT2D eigenvalue weighted by Crippen LogP contribution is -2.01. The van der Waals surface area contributed by atoms with E-state index >= 15 is 0 Å². The molecule has 0 bridgehead atoms. The lowest BCUT2D eigenvalue weighted by atomic mass is 10.4. The summed E-state index contributed by atoms with van der Waals surface area (Å²) in [4.78, 5) is 13.5. The van der Waals surface area contributed by atoms with Gasteiger partial charge in [-0.25, -0.2) is 0 Å². The Hall–Kier alpha value is -1.58. The molecule has 0 amide bonds. The Balaban J connectivity index is 2.65. The molecule has 0 atom stereocenters. The molecule has 0 radical (unpaired) electrons. The summed E-state index contributed by atoms with van der Waals surface area (Å²) in [6.45, 7) is 4.11. The van der Waals surface area contributed by atoms with Crippen molar-refractivity contribution in [2.45, 2.75) is 19.9 Å². The number of hydrogen-bond acceptors (Lipinski definition) is 2. The number of hydrogen-bond donors (Lipinski definition) is 1. The minimum Gasteiger partial charge on any atom is -0.350 e. The molecule has 2 aromatic heterocycles. The van der Waals surface area contributed by atoms with Crippen molar-refractivity contribution in [1.82, 2.24) is 14.8 Å². The van der Waals surface area contributed by atoms with Crippen molar-refractivity contribution < 1.29 is 4.79 Å². The predicted octanol–water partition coefficient (Wildman–Crippen LogP) is 1.76. The number of aromatic amines is 1. The van der Waals surface area contributed by atoms with Crippen molar-refractivity contribution in [2.24, 2.45) is 0 Å². The summed E-state index contributed by atoms with van der Waals surface area (Å²) < 4.78 is 1.89. The number of carbonyl (C=O) groups is 1. The minimum atomic E-state index is 0.313. The van der Waals surface area contributed by atoms with Crippen LogP contribution in [0, 0.1) is 0 Å². The van der Waals surface area contributed by atoms with Crippen LogP contribution < -0.4 is 0 Å². The van der Waals surface area contributed by atoms with Crippen molar-refractivity contribution in [1.29, 1.82) is 0 Å². The standard InChI is InChI=1S/C9H11N3O/c1-6(2)12-9-3-7(5-13)11-8(9)4-10-12/h3-6,11H,1-2H3. The second-order valence-corrected chi connectivity index (χ2v) is 3.32. The van der Waals surface area contributed by atoms with E-state index in [4.69, 9.17) is 0 Å². The molecular formula is C9H11N3O. The molecule has 0 saturated heterocycles. The molecule has 1 N–H and O–H groups in total. The molecule has 0 saturated carbocycles. The first-order valence-corrected chi connectivity index (χ1v) is 4.24. The smallest absolute Gasteiger partial charge is 0.166 e. The molecule has 2 rings (SSSR count). The van der Waals surface area contributed by atoms with E-state index in [2.05, 4.69) is 23.9 Å². The van der Waals surface area contributed by atoms with Gasteiger partial charge < -0.3 is 4.98 Å². The van der Waals surface area contributed by atoms with Crippen molar-refractivity contribution in [3.8, 4) is 0 Å². The third kappa shape index (κ3) is 1.14. The van der Waals surface area contributed by atoms with Gasteiger partial charge in [-0.15, -0.1) is 0 Å². The van der Waals surface area contributed by atoms with Gasteiger partial charge in [0.1, 0.15) is 0 Å². The van der Waals surface area contributed by atoms with E-state index in [1.54, 1.807) is 6.20 Å². The zero-order chi connectivity index (χ0) is 9.42. The molecule has 2 aromatic rings. The van der Waals surface area contributed by atoms with Gasteiger partial charge in [0.25, 0.3) is 0 Å². The molecule has 4 nitrogen and oxygen atoms in total. The highest BCUT2D eigenvalue weighted by atomic mass is 16.1. The molecule has 4 heteroatoms. The Morgan fingerprint density at radius 3 is 3.00 bits per heavy atom. The SMILES string of the molecule is CC(C)n1ncc2[nH]c(C=O)cc21. The summed E-state index contributed by atoms with van der Waals surface area (Å²) in [7, 11) is 0. The molecule has 2 heterocycles. The Morgan fingerprint density at radius 2 is 2.38 bits per heavy atom. The Labute approximate surface area is 75.6 Å². The van der Waals surface area contributed by atoms with E-state index in [-0.39, 0.29) is 0 Å². The van der Waals surface area contributed by atoms with Gasteiger partial charge in [0.15, 0.2) is 6.29 Å². The Kier molecular flexibility index (Phi) is 1.69.